The van der Waals surface area contributed by atoms with Gasteiger partial charge in [-0.15, -0.1) is 11.8 Å². The first-order chi connectivity index (χ1) is 9.10. The standard InChI is InChI=1S/C10H13BrS.C4H6O3/c1-9-3-5-10(6-4-9)12-8-2-7-11;5-3-1-2-4(6)7/h3-6H,2,7-8H2,1H3;3H,1-2H2,(H,6,7). The molecular weight excluding hydrogens is 328 g/mol. The molecule has 1 aromatic rings. The monoisotopic (exact) mass is 346 g/mol. The van der Waals surface area contributed by atoms with Gasteiger partial charge < -0.3 is 9.90 Å². The maximum atomic E-state index is 9.60. The first kappa shape index (κ1) is 18.2. The van der Waals surface area contributed by atoms with Crippen molar-refractivity contribution >= 4 is 39.9 Å². The van der Waals surface area contributed by atoms with Crippen LogP contribution in [0.4, 0.5) is 0 Å². The molecule has 0 heterocycles. The van der Waals surface area contributed by atoms with Crippen LogP contribution >= 0.6 is 27.7 Å². The number of alkyl halides is 1. The average molecular weight is 347 g/mol. The Morgan fingerprint density at radius 2 is 2.00 bits per heavy atom. The number of carboxylic acid groups (broad SMARTS) is 1. The molecule has 3 nitrogen and oxygen atoms in total. The van der Waals surface area contributed by atoms with Gasteiger partial charge in [-0.25, -0.2) is 0 Å². The number of carbonyl (C=O) groups excluding carboxylic acids is 1. The topological polar surface area (TPSA) is 54.4 Å². The third-order valence-corrected chi connectivity index (χ3v) is 3.70. The highest BCUT2D eigenvalue weighted by atomic mass is 79.9. The van der Waals surface area contributed by atoms with Gasteiger partial charge in [-0.2, -0.15) is 0 Å². The van der Waals surface area contributed by atoms with E-state index in [0.717, 1.165) is 5.33 Å². The number of benzene rings is 1. The van der Waals surface area contributed by atoms with Crippen molar-refractivity contribution in [3.63, 3.8) is 0 Å². The van der Waals surface area contributed by atoms with Crippen LogP contribution in [0.15, 0.2) is 29.2 Å². The number of hydrogen-bond donors (Lipinski definition) is 1. The molecule has 0 aliphatic heterocycles. The third kappa shape index (κ3) is 12.0. The van der Waals surface area contributed by atoms with E-state index in [1.165, 1.54) is 22.6 Å². The van der Waals surface area contributed by atoms with E-state index in [1.807, 2.05) is 11.8 Å². The fraction of sp³-hybridized carbons (Fsp3) is 0.429. The maximum Gasteiger partial charge on any atom is 0.303 e. The van der Waals surface area contributed by atoms with Crippen LogP contribution in [0.2, 0.25) is 0 Å². The molecule has 1 N–H and O–H groups in total. The number of aryl methyl sites for hydroxylation is 1. The molecule has 0 aliphatic rings. The van der Waals surface area contributed by atoms with E-state index in [2.05, 4.69) is 47.1 Å². The summed E-state index contributed by atoms with van der Waals surface area (Å²) in [6, 6.07) is 8.70. The molecule has 1 aromatic carbocycles. The van der Waals surface area contributed by atoms with Gasteiger partial charge in [0.1, 0.15) is 6.29 Å². The van der Waals surface area contributed by atoms with Gasteiger partial charge in [0.15, 0.2) is 0 Å². The fourth-order valence-electron chi connectivity index (χ4n) is 1.06. The van der Waals surface area contributed by atoms with Crippen LogP contribution in [0.25, 0.3) is 0 Å². The summed E-state index contributed by atoms with van der Waals surface area (Å²) in [7, 11) is 0. The molecule has 106 valence electrons. The van der Waals surface area contributed by atoms with Crippen LogP contribution in [0.5, 0.6) is 0 Å². The molecule has 0 amide bonds. The molecule has 0 radical (unpaired) electrons. The molecule has 0 saturated carbocycles. The van der Waals surface area contributed by atoms with Crippen LogP contribution in [0, 0.1) is 6.92 Å². The highest BCUT2D eigenvalue weighted by Crippen LogP contribution is 2.19. The van der Waals surface area contributed by atoms with Crippen LogP contribution in [0.1, 0.15) is 24.8 Å². The van der Waals surface area contributed by atoms with E-state index >= 15 is 0 Å². The lowest BCUT2D eigenvalue weighted by Crippen LogP contribution is -1.93. The summed E-state index contributed by atoms with van der Waals surface area (Å²) in [5, 5.41) is 8.99. The third-order valence-electron chi connectivity index (χ3n) is 2.04. The van der Waals surface area contributed by atoms with Crippen molar-refractivity contribution in [1.29, 1.82) is 0 Å². The Morgan fingerprint density at radius 1 is 1.37 bits per heavy atom. The zero-order chi connectivity index (χ0) is 14.5. The van der Waals surface area contributed by atoms with E-state index in [1.54, 1.807) is 0 Å². The van der Waals surface area contributed by atoms with Crippen LogP contribution in [-0.2, 0) is 9.59 Å². The molecule has 1 rings (SSSR count). The zero-order valence-electron chi connectivity index (χ0n) is 11.0. The van der Waals surface area contributed by atoms with Gasteiger partial charge in [-0.1, -0.05) is 33.6 Å². The summed E-state index contributed by atoms with van der Waals surface area (Å²) in [4.78, 5) is 20.4. The average Bonchev–Trinajstić information content (AvgIpc) is 2.40. The van der Waals surface area contributed by atoms with Crippen molar-refractivity contribution in [3.8, 4) is 0 Å². The molecule has 5 heteroatoms. The molecule has 19 heavy (non-hydrogen) atoms. The SMILES string of the molecule is Cc1ccc(SCCCBr)cc1.O=CCCC(=O)O. The highest BCUT2D eigenvalue weighted by Gasteiger charge is 1.92. The summed E-state index contributed by atoms with van der Waals surface area (Å²) >= 11 is 5.34. The first-order valence-electron chi connectivity index (χ1n) is 6.01. The van der Waals surface area contributed by atoms with Gasteiger partial charge in [-0.05, 0) is 31.2 Å². The van der Waals surface area contributed by atoms with Gasteiger partial charge in [0.05, 0.1) is 6.42 Å². The van der Waals surface area contributed by atoms with Crippen molar-refractivity contribution in [3.05, 3.63) is 29.8 Å². The van der Waals surface area contributed by atoms with Crippen molar-refractivity contribution in [2.24, 2.45) is 0 Å². The molecule has 0 atom stereocenters. The summed E-state index contributed by atoms with van der Waals surface area (Å²) in [6.07, 6.45) is 1.89. The highest BCUT2D eigenvalue weighted by molar-refractivity contribution is 9.09. The van der Waals surface area contributed by atoms with Crippen molar-refractivity contribution in [2.75, 3.05) is 11.1 Å². The number of rotatable bonds is 7. The van der Waals surface area contributed by atoms with E-state index in [0.29, 0.717) is 6.29 Å². The number of hydrogen-bond acceptors (Lipinski definition) is 3. The van der Waals surface area contributed by atoms with Gasteiger partial charge in [-0.3, -0.25) is 4.79 Å². The maximum absolute atomic E-state index is 9.60. The molecule has 0 aliphatic carbocycles. The van der Waals surface area contributed by atoms with Crippen molar-refractivity contribution < 1.29 is 14.7 Å². The Kier molecular flexibility index (Phi) is 11.7. The summed E-state index contributed by atoms with van der Waals surface area (Å²) in [5.74, 6) is 0.279. The lowest BCUT2D eigenvalue weighted by molar-refractivity contribution is -0.137. The Hall–Kier alpha value is -0.810. The largest absolute Gasteiger partial charge is 0.481 e. The second-order valence-corrected chi connectivity index (χ2v) is 5.76. The van der Waals surface area contributed by atoms with E-state index in [-0.39, 0.29) is 12.8 Å². The Labute approximate surface area is 126 Å². The Balaban J connectivity index is 0.000000399. The predicted molar refractivity (Wildman–Crippen MR) is 83.2 cm³/mol. The minimum absolute atomic E-state index is 0.0521. The molecule has 0 unspecified atom stereocenters. The van der Waals surface area contributed by atoms with Gasteiger partial charge in [0.25, 0.3) is 0 Å². The number of halogens is 1. The molecule has 0 fully saturated rings. The number of aliphatic carboxylic acids is 1. The second kappa shape index (κ2) is 12.2. The molecule has 0 aromatic heterocycles. The van der Waals surface area contributed by atoms with E-state index < -0.39 is 5.97 Å². The zero-order valence-corrected chi connectivity index (χ0v) is 13.4. The lowest BCUT2D eigenvalue weighted by Gasteiger charge is -1.99. The summed E-state index contributed by atoms with van der Waals surface area (Å²) in [6.45, 7) is 2.12. The van der Waals surface area contributed by atoms with Crippen LogP contribution < -0.4 is 0 Å². The summed E-state index contributed by atoms with van der Waals surface area (Å²) < 4.78 is 0. The number of carbonyl (C=O) groups is 2. The van der Waals surface area contributed by atoms with E-state index in [9.17, 15) is 9.59 Å². The smallest absolute Gasteiger partial charge is 0.303 e. The summed E-state index contributed by atoms with van der Waals surface area (Å²) in [5.41, 5.74) is 1.33. The first-order valence-corrected chi connectivity index (χ1v) is 8.11. The molecule has 0 spiro atoms. The van der Waals surface area contributed by atoms with Crippen molar-refractivity contribution in [1.82, 2.24) is 0 Å². The quantitative estimate of drug-likeness (QED) is 0.352. The number of carboxylic acids is 1. The molecule has 0 saturated heterocycles. The van der Waals surface area contributed by atoms with Crippen LogP contribution in [-0.4, -0.2) is 28.4 Å². The van der Waals surface area contributed by atoms with E-state index in [4.69, 9.17) is 5.11 Å². The minimum atomic E-state index is -0.924. The number of thioether (sulfide) groups is 1. The van der Waals surface area contributed by atoms with Gasteiger partial charge in [0.2, 0.25) is 0 Å². The molecule has 0 bridgehead atoms. The van der Waals surface area contributed by atoms with Crippen molar-refractivity contribution in [2.45, 2.75) is 31.1 Å². The molecular formula is C14H19BrO3S. The fourth-order valence-corrected chi connectivity index (χ4v) is 2.57. The second-order valence-electron chi connectivity index (χ2n) is 3.80. The number of aldehydes is 1. The predicted octanol–water partition coefficient (Wildman–Crippen LogP) is 3.92. The Bertz CT molecular complexity index is 365. The lowest BCUT2D eigenvalue weighted by atomic mass is 10.2. The van der Waals surface area contributed by atoms with Gasteiger partial charge >= 0.3 is 5.97 Å². The van der Waals surface area contributed by atoms with Crippen LogP contribution in [0.3, 0.4) is 0 Å². The normalized spacial score (nSPS) is 9.37. The Morgan fingerprint density at radius 3 is 2.42 bits per heavy atom. The minimum Gasteiger partial charge on any atom is -0.481 e. The van der Waals surface area contributed by atoms with Gasteiger partial charge in [0, 0.05) is 16.6 Å².